The van der Waals surface area contributed by atoms with Gasteiger partial charge in [0.25, 0.3) is 0 Å². The number of nitrogens with zero attached hydrogens (tertiary/aromatic N) is 2. The first-order chi connectivity index (χ1) is 8.08. The van der Waals surface area contributed by atoms with Gasteiger partial charge in [-0.05, 0) is 27.2 Å². The molecule has 0 atom stereocenters. The molecule has 0 spiro atoms. The Kier molecular flexibility index (Phi) is 5.00. The Morgan fingerprint density at radius 3 is 2.71 bits per heavy atom. The zero-order valence-electron chi connectivity index (χ0n) is 10.9. The van der Waals surface area contributed by atoms with Crippen molar-refractivity contribution in [2.45, 2.75) is 46.8 Å². The molecule has 0 aromatic carbocycles. The molecule has 0 unspecified atom stereocenters. The molecule has 1 aromatic rings. The minimum atomic E-state index is -0.432. The summed E-state index contributed by atoms with van der Waals surface area (Å²) in [4.78, 5) is 11.7. The molecular formula is C12H20N2O3. The third kappa shape index (κ3) is 3.76. The lowest BCUT2D eigenvalue weighted by molar-refractivity contribution is 0.0512. The lowest BCUT2D eigenvalue weighted by atomic mass is 10.4. The third-order valence-electron chi connectivity index (χ3n) is 2.01. The van der Waals surface area contributed by atoms with E-state index in [1.807, 2.05) is 13.8 Å². The van der Waals surface area contributed by atoms with Gasteiger partial charge in [-0.1, -0.05) is 6.92 Å². The van der Waals surface area contributed by atoms with Crippen molar-refractivity contribution in [3.8, 4) is 5.75 Å². The minimum absolute atomic E-state index is 0.00227. The predicted molar refractivity (Wildman–Crippen MR) is 64.2 cm³/mol. The van der Waals surface area contributed by atoms with Gasteiger partial charge >= 0.3 is 5.97 Å². The van der Waals surface area contributed by atoms with Gasteiger partial charge < -0.3 is 9.47 Å². The fourth-order valence-electron chi connectivity index (χ4n) is 1.43. The molecule has 0 aliphatic heterocycles. The van der Waals surface area contributed by atoms with Gasteiger partial charge in [-0.15, -0.1) is 0 Å². The first-order valence-corrected chi connectivity index (χ1v) is 5.99. The van der Waals surface area contributed by atoms with Crippen LogP contribution in [0.25, 0.3) is 0 Å². The molecule has 96 valence electrons. The fourth-order valence-corrected chi connectivity index (χ4v) is 1.43. The Hall–Kier alpha value is -1.52. The molecule has 0 fully saturated rings. The molecule has 0 radical (unpaired) electrons. The molecule has 17 heavy (non-hydrogen) atoms. The molecule has 0 saturated carbocycles. The van der Waals surface area contributed by atoms with Crippen molar-refractivity contribution in [1.82, 2.24) is 9.78 Å². The van der Waals surface area contributed by atoms with Crippen LogP contribution in [0.2, 0.25) is 0 Å². The van der Waals surface area contributed by atoms with E-state index in [1.54, 1.807) is 17.8 Å². The summed E-state index contributed by atoms with van der Waals surface area (Å²) in [5, 5.41) is 4.19. The van der Waals surface area contributed by atoms with Gasteiger partial charge in [0, 0.05) is 6.54 Å². The van der Waals surface area contributed by atoms with Crippen molar-refractivity contribution in [2.75, 3.05) is 6.61 Å². The topological polar surface area (TPSA) is 53.4 Å². The van der Waals surface area contributed by atoms with Crippen molar-refractivity contribution < 1.29 is 14.3 Å². The largest absolute Gasteiger partial charge is 0.487 e. The Labute approximate surface area is 102 Å². The summed E-state index contributed by atoms with van der Waals surface area (Å²) in [7, 11) is 0. The van der Waals surface area contributed by atoms with Crippen molar-refractivity contribution in [1.29, 1.82) is 0 Å². The monoisotopic (exact) mass is 240 g/mol. The van der Waals surface area contributed by atoms with Crippen molar-refractivity contribution in [3.63, 3.8) is 0 Å². The maximum atomic E-state index is 11.7. The molecular weight excluding hydrogens is 220 g/mol. The molecule has 1 aromatic heterocycles. The van der Waals surface area contributed by atoms with Gasteiger partial charge in [-0.25, -0.2) is 4.79 Å². The van der Waals surface area contributed by atoms with Crippen LogP contribution in [0.15, 0.2) is 6.20 Å². The second kappa shape index (κ2) is 6.27. The standard InChI is InChI=1S/C12H20N2O3/c1-5-7-14-8-10(17-9(3)4)11(13-14)12(15)16-6-2/h8-9H,5-7H2,1-4H3. The van der Waals surface area contributed by atoms with Crippen molar-refractivity contribution >= 4 is 5.97 Å². The number of carbonyl (C=O) groups is 1. The van der Waals surface area contributed by atoms with Gasteiger partial charge in [-0.2, -0.15) is 5.10 Å². The van der Waals surface area contributed by atoms with E-state index in [1.165, 1.54) is 0 Å². The first kappa shape index (κ1) is 13.5. The van der Waals surface area contributed by atoms with E-state index in [9.17, 15) is 4.79 Å². The SMILES string of the molecule is CCCn1cc(OC(C)C)c(C(=O)OCC)n1. The van der Waals surface area contributed by atoms with Crippen LogP contribution in [-0.4, -0.2) is 28.5 Å². The molecule has 5 nitrogen and oxygen atoms in total. The Morgan fingerprint density at radius 1 is 1.47 bits per heavy atom. The van der Waals surface area contributed by atoms with Crippen LogP contribution in [-0.2, 0) is 11.3 Å². The molecule has 0 N–H and O–H groups in total. The summed E-state index contributed by atoms with van der Waals surface area (Å²) >= 11 is 0. The number of aromatic nitrogens is 2. The van der Waals surface area contributed by atoms with Gasteiger partial charge in [0.2, 0.25) is 5.69 Å². The summed E-state index contributed by atoms with van der Waals surface area (Å²) in [6.45, 7) is 8.73. The quantitative estimate of drug-likeness (QED) is 0.716. The Morgan fingerprint density at radius 2 is 2.18 bits per heavy atom. The molecule has 0 amide bonds. The Bertz CT molecular complexity index is 372. The highest BCUT2D eigenvalue weighted by Crippen LogP contribution is 2.19. The summed E-state index contributed by atoms with van der Waals surface area (Å²) in [5.74, 6) is 0.0601. The van der Waals surface area contributed by atoms with Gasteiger partial charge in [-0.3, -0.25) is 4.68 Å². The van der Waals surface area contributed by atoms with Gasteiger partial charge in [0.05, 0.1) is 18.9 Å². The van der Waals surface area contributed by atoms with Crippen LogP contribution in [0.5, 0.6) is 5.75 Å². The lowest BCUT2D eigenvalue weighted by Gasteiger charge is -2.08. The third-order valence-corrected chi connectivity index (χ3v) is 2.01. The molecule has 0 aliphatic rings. The van der Waals surface area contributed by atoms with Crippen molar-refractivity contribution in [2.24, 2.45) is 0 Å². The molecule has 5 heteroatoms. The normalized spacial score (nSPS) is 10.6. The number of esters is 1. The van der Waals surface area contributed by atoms with E-state index in [-0.39, 0.29) is 11.8 Å². The van der Waals surface area contributed by atoms with E-state index in [2.05, 4.69) is 12.0 Å². The second-order valence-corrected chi connectivity index (χ2v) is 3.99. The van der Waals surface area contributed by atoms with Gasteiger partial charge in [0.15, 0.2) is 5.75 Å². The zero-order valence-corrected chi connectivity index (χ0v) is 10.9. The number of ether oxygens (including phenoxy) is 2. The van der Waals surface area contributed by atoms with Crippen LogP contribution in [0.1, 0.15) is 44.6 Å². The van der Waals surface area contributed by atoms with E-state index < -0.39 is 5.97 Å². The van der Waals surface area contributed by atoms with E-state index in [0.29, 0.717) is 12.4 Å². The Balaban J connectivity index is 2.94. The smallest absolute Gasteiger partial charge is 0.362 e. The number of carbonyl (C=O) groups excluding carboxylic acids is 1. The summed E-state index contributed by atoms with van der Waals surface area (Å²) in [6.07, 6.45) is 2.70. The van der Waals surface area contributed by atoms with Crippen LogP contribution in [0.4, 0.5) is 0 Å². The number of hydrogen-bond donors (Lipinski definition) is 0. The van der Waals surface area contributed by atoms with Crippen molar-refractivity contribution in [3.05, 3.63) is 11.9 Å². The highest BCUT2D eigenvalue weighted by Gasteiger charge is 2.19. The number of hydrogen-bond acceptors (Lipinski definition) is 4. The second-order valence-electron chi connectivity index (χ2n) is 3.99. The highest BCUT2D eigenvalue weighted by molar-refractivity contribution is 5.90. The molecule has 1 rings (SSSR count). The summed E-state index contributed by atoms with van der Waals surface area (Å²) in [6, 6.07) is 0. The first-order valence-electron chi connectivity index (χ1n) is 5.99. The van der Waals surface area contributed by atoms with Crippen LogP contribution < -0.4 is 4.74 Å². The van der Waals surface area contributed by atoms with Crippen LogP contribution in [0.3, 0.4) is 0 Å². The van der Waals surface area contributed by atoms with Crippen LogP contribution >= 0.6 is 0 Å². The highest BCUT2D eigenvalue weighted by atomic mass is 16.5. The zero-order chi connectivity index (χ0) is 12.8. The molecule has 1 heterocycles. The van der Waals surface area contributed by atoms with E-state index in [4.69, 9.17) is 9.47 Å². The van der Waals surface area contributed by atoms with E-state index in [0.717, 1.165) is 13.0 Å². The number of aryl methyl sites for hydroxylation is 1. The summed E-state index contributed by atoms with van der Waals surface area (Å²) in [5.41, 5.74) is 0.258. The van der Waals surface area contributed by atoms with Gasteiger partial charge in [0.1, 0.15) is 0 Å². The molecule has 0 aliphatic carbocycles. The molecule has 0 saturated heterocycles. The maximum Gasteiger partial charge on any atom is 0.362 e. The maximum absolute atomic E-state index is 11.7. The minimum Gasteiger partial charge on any atom is -0.487 e. The van der Waals surface area contributed by atoms with Crippen LogP contribution in [0, 0.1) is 0 Å². The average molecular weight is 240 g/mol. The summed E-state index contributed by atoms with van der Waals surface area (Å²) < 4.78 is 12.2. The van der Waals surface area contributed by atoms with E-state index >= 15 is 0 Å². The lowest BCUT2D eigenvalue weighted by Crippen LogP contribution is -2.11. The predicted octanol–water partition coefficient (Wildman–Crippen LogP) is 2.26. The molecule has 0 bridgehead atoms. The average Bonchev–Trinajstić information content (AvgIpc) is 2.61. The number of rotatable bonds is 6. The fraction of sp³-hybridized carbons (Fsp3) is 0.667.